The van der Waals surface area contributed by atoms with Crippen molar-refractivity contribution in [2.75, 3.05) is 0 Å². The van der Waals surface area contributed by atoms with Crippen LogP contribution >= 0.6 is 0 Å². The quantitative estimate of drug-likeness (QED) is 0.570. The fourth-order valence-corrected chi connectivity index (χ4v) is 1.29. The van der Waals surface area contributed by atoms with Gasteiger partial charge in [0.1, 0.15) is 11.3 Å². The molecule has 0 saturated heterocycles. The average Bonchev–Trinajstić information content (AvgIpc) is 2.65. The molecule has 1 aromatic heterocycles. The third-order valence-corrected chi connectivity index (χ3v) is 1.99. The van der Waals surface area contributed by atoms with Gasteiger partial charge in [0.2, 0.25) is 0 Å². The second-order valence-electron chi connectivity index (χ2n) is 3.21. The van der Waals surface area contributed by atoms with E-state index in [-0.39, 0.29) is 5.97 Å². The van der Waals surface area contributed by atoms with E-state index >= 15 is 0 Å². The number of fused-ring (bicyclic) bond motifs is 1. The molecule has 0 saturated carbocycles. The maximum Gasteiger partial charge on any atom is 0.311 e. The van der Waals surface area contributed by atoms with E-state index in [0.29, 0.717) is 17.8 Å². The Morgan fingerprint density at radius 1 is 1.53 bits per heavy atom. The van der Waals surface area contributed by atoms with E-state index < -0.39 is 0 Å². The Balaban J connectivity index is 2.17. The molecule has 0 amide bonds. The van der Waals surface area contributed by atoms with Crippen LogP contribution in [0.15, 0.2) is 29.0 Å². The molecule has 0 fully saturated rings. The Morgan fingerprint density at radius 2 is 2.40 bits per heavy atom. The van der Waals surface area contributed by atoms with Crippen molar-refractivity contribution in [3.05, 3.63) is 24.6 Å². The number of hydrogen-bond acceptors (Lipinski definition) is 4. The summed E-state index contributed by atoms with van der Waals surface area (Å²) >= 11 is 0. The van der Waals surface area contributed by atoms with E-state index in [1.165, 1.54) is 6.39 Å². The maximum absolute atomic E-state index is 11.2. The van der Waals surface area contributed by atoms with Gasteiger partial charge in [0.15, 0.2) is 12.0 Å². The Labute approximate surface area is 86.9 Å². The summed E-state index contributed by atoms with van der Waals surface area (Å²) in [6.07, 6.45) is 2.57. The van der Waals surface area contributed by atoms with Gasteiger partial charge in [0, 0.05) is 12.5 Å². The smallest absolute Gasteiger partial charge is 0.311 e. The first-order valence-corrected chi connectivity index (χ1v) is 4.83. The summed E-state index contributed by atoms with van der Waals surface area (Å²) in [6.45, 7) is 1.93. The van der Waals surface area contributed by atoms with Crippen LogP contribution in [0.2, 0.25) is 0 Å². The van der Waals surface area contributed by atoms with Gasteiger partial charge in [-0.2, -0.15) is 0 Å². The number of ether oxygens (including phenoxy) is 1. The number of oxazole rings is 1. The van der Waals surface area contributed by atoms with Crippen LogP contribution in [-0.4, -0.2) is 11.0 Å². The number of aromatic nitrogens is 1. The first-order valence-electron chi connectivity index (χ1n) is 4.83. The van der Waals surface area contributed by atoms with Crippen LogP contribution in [0.25, 0.3) is 11.1 Å². The van der Waals surface area contributed by atoms with E-state index in [1.807, 2.05) is 6.92 Å². The van der Waals surface area contributed by atoms with Crippen LogP contribution in [0.3, 0.4) is 0 Å². The van der Waals surface area contributed by atoms with E-state index in [9.17, 15) is 4.79 Å². The second-order valence-corrected chi connectivity index (χ2v) is 3.21. The third kappa shape index (κ3) is 2.15. The Morgan fingerprint density at radius 3 is 3.20 bits per heavy atom. The van der Waals surface area contributed by atoms with Crippen molar-refractivity contribution in [3.8, 4) is 5.75 Å². The Kier molecular flexibility index (Phi) is 2.67. The molecule has 0 aliphatic rings. The zero-order valence-electron chi connectivity index (χ0n) is 8.40. The fraction of sp³-hybridized carbons (Fsp3) is 0.273. The minimum absolute atomic E-state index is 0.226. The van der Waals surface area contributed by atoms with Crippen LogP contribution < -0.4 is 4.74 Å². The van der Waals surface area contributed by atoms with Crippen molar-refractivity contribution < 1.29 is 13.9 Å². The van der Waals surface area contributed by atoms with Gasteiger partial charge < -0.3 is 9.15 Å². The molecule has 0 aliphatic carbocycles. The molecule has 78 valence electrons. The molecule has 4 heteroatoms. The lowest BCUT2D eigenvalue weighted by Gasteiger charge is -2.01. The Bertz CT molecular complexity index is 475. The zero-order chi connectivity index (χ0) is 10.7. The molecule has 0 spiro atoms. The highest BCUT2D eigenvalue weighted by Gasteiger charge is 2.05. The molecular formula is C11H11NO3. The summed E-state index contributed by atoms with van der Waals surface area (Å²) in [7, 11) is 0. The van der Waals surface area contributed by atoms with Crippen LogP contribution in [0, 0.1) is 0 Å². The van der Waals surface area contributed by atoms with Crippen molar-refractivity contribution in [3.63, 3.8) is 0 Å². The van der Waals surface area contributed by atoms with Gasteiger partial charge in [-0.05, 0) is 18.6 Å². The molecule has 0 atom stereocenters. The van der Waals surface area contributed by atoms with Gasteiger partial charge >= 0.3 is 5.97 Å². The lowest BCUT2D eigenvalue weighted by Crippen LogP contribution is -2.06. The summed E-state index contributed by atoms with van der Waals surface area (Å²) in [5.41, 5.74) is 1.38. The van der Waals surface area contributed by atoms with Crippen molar-refractivity contribution in [1.29, 1.82) is 0 Å². The lowest BCUT2D eigenvalue weighted by molar-refractivity contribution is -0.134. The number of carbonyl (C=O) groups excluding carboxylic acids is 1. The van der Waals surface area contributed by atoms with Gasteiger partial charge in [0.25, 0.3) is 0 Å². The number of benzene rings is 1. The number of rotatable bonds is 3. The summed E-state index contributed by atoms with van der Waals surface area (Å²) in [4.78, 5) is 15.2. The van der Waals surface area contributed by atoms with Gasteiger partial charge in [0.05, 0.1) is 0 Å². The predicted molar refractivity (Wildman–Crippen MR) is 54.6 cm³/mol. The molecule has 0 radical (unpaired) electrons. The highest BCUT2D eigenvalue weighted by molar-refractivity contribution is 5.77. The molecule has 1 aromatic carbocycles. The van der Waals surface area contributed by atoms with E-state index in [2.05, 4.69) is 4.98 Å². The minimum atomic E-state index is -0.226. The van der Waals surface area contributed by atoms with Crippen molar-refractivity contribution in [2.24, 2.45) is 0 Å². The molecule has 2 rings (SSSR count). The summed E-state index contributed by atoms with van der Waals surface area (Å²) in [5, 5.41) is 0. The number of carbonyl (C=O) groups is 1. The predicted octanol–water partition coefficient (Wildman–Crippen LogP) is 2.53. The SMILES string of the molecule is CCCC(=O)Oc1ccc2ncoc2c1. The number of nitrogens with zero attached hydrogens (tertiary/aromatic N) is 1. The minimum Gasteiger partial charge on any atom is -0.443 e. The molecule has 0 bridgehead atoms. The standard InChI is InChI=1S/C11H11NO3/c1-2-3-11(13)15-8-4-5-9-10(6-8)14-7-12-9/h4-7H,2-3H2,1H3. The molecular weight excluding hydrogens is 194 g/mol. The second kappa shape index (κ2) is 4.13. The molecule has 0 N–H and O–H groups in total. The van der Waals surface area contributed by atoms with Crippen LogP contribution in [0.5, 0.6) is 5.75 Å². The highest BCUT2D eigenvalue weighted by Crippen LogP contribution is 2.19. The molecule has 0 unspecified atom stereocenters. The molecule has 1 heterocycles. The largest absolute Gasteiger partial charge is 0.443 e. The molecule has 2 aromatic rings. The van der Waals surface area contributed by atoms with Gasteiger partial charge in [-0.25, -0.2) is 4.98 Å². The van der Waals surface area contributed by atoms with Crippen molar-refractivity contribution in [2.45, 2.75) is 19.8 Å². The monoisotopic (exact) mass is 205 g/mol. The highest BCUT2D eigenvalue weighted by atomic mass is 16.5. The Hall–Kier alpha value is -1.84. The average molecular weight is 205 g/mol. The van der Waals surface area contributed by atoms with E-state index in [4.69, 9.17) is 9.15 Å². The van der Waals surface area contributed by atoms with Crippen LogP contribution in [0.4, 0.5) is 0 Å². The molecule has 15 heavy (non-hydrogen) atoms. The molecule has 4 nitrogen and oxygen atoms in total. The lowest BCUT2D eigenvalue weighted by atomic mass is 10.3. The van der Waals surface area contributed by atoms with Crippen molar-refractivity contribution in [1.82, 2.24) is 4.98 Å². The van der Waals surface area contributed by atoms with Crippen LogP contribution in [0.1, 0.15) is 19.8 Å². The zero-order valence-corrected chi connectivity index (χ0v) is 8.40. The van der Waals surface area contributed by atoms with Crippen LogP contribution in [-0.2, 0) is 4.79 Å². The number of hydrogen-bond donors (Lipinski definition) is 0. The van der Waals surface area contributed by atoms with E-state index in [1.54, 1.807) is 18.2 Å². The topological polar surface area (TPSA) is 52.3 Å². The first-order chi connectivity index (χ1) is 7.29. The third-order valence-electron chi connectivity index (χ3n) is 1.99. The van der Waals surface area contributed by atoms with Gasteiger partial charge in [-0.3, -0.25) is 4.79 Å². The first kappa shape index (κ1) is 9.71. The summed E-state index contributed by atoms with van der Waals surface area (Å²) in [5.74, 6) is 0.272. The van der Waals surface area contributed by atoms with Crippen molar-refractivity contribution >= 4 is 17.1 Å². The molecule has 0 aliphatic heterocycles. The normalized spacial score (nSPS) is 10.5. The fourth-order valence-electron chi connectivity index (χ4n) is 1.29. The summed E-state index contributed by atoms with van der Waals surface area (Å²) < 4.78 is 10.2. The van der Waals surface area contributed by atoms with E-state index in [0.717, 1.165) is 11.9 Å². The number of esters is 1. The van der Waals surface area contributed by atoms with Gasteiger partial charge in [-0.1, -0.05) is 6.92 Å². The summed E-state index contributed by atoms with van der Waals surface area (Å²) in [6, 6.07) is 5.13. The van der Waals surface area contributed by atoms with Gasteiger partial charge in [-0.15, -0.1) is 0 Å². The maximum atomic E-state index is 11.2.